The van der Waals surface area contributed by atoms with Gasteiger partial charge in [-0.25, -0.2) is 0 Å². The maximum absolute atomic E-state index is 12.9. The molecule has 0 aliphatic carbocycles. The Kier molecular flexibility index (Phi) is 62.8. The number of carbonyl (C=O) groups excluding carboxylic acids is 3. The second-order valence-corrected chi connectivity index (χ2v) is 24.4. The molecule has 0 heterocycles. The molecule has 0 amide bonds. The van der Waals surface area contributed by atoms with Crippen LogP contribution in [0.15, 0.2) is 109 Å². The van der Waals surface area contributed by atoms with Gasteiger partial charge in [0.2, 0.25) is 0 Å². The molecule has 0 saturated carbocycles. The molecule has 2 unspecified atom stereocenters. The largest absolute Gasteiger partial charge is 0.545 e. The first-order valence-electron chi connectivity index (χ1n) is 35.0. The number of carboxylic acid groups (broad SMARTS) is 1. The number of ether oxygens (including phenoxy) is 4. The van der Waals surface area contributed by atoms with E-state index < -0.39 is 24.3 Å². The summed E-state index contributed by atoms with van der Waals surface area (Å²) in [5.74, 6) is -2.30. The number of quaternary nitrogens is 1. The fourth-order valence-corrected chi connectivity index (χ4v) is 9.71. The lowest BCUT2D eigenvalue weighted by atomic mass is 10.0. The summed E-state index contributed by atoms with van der Waals surface area (Å²) >= 11 is 0. The third-order valence-electron chi connectivity index (χ3n) is 15.0. The fourth-order valence-electron chi connectivity index (χ4n) is 9.71. The molecule has 9 heteroatoms. The summed E-state index contributed by atoms with van der Waals surface area (Å²) in [4.78, 5) is 37.5. The Morgan fingerprint density at radius 3 is 1.00 bits per heavy atom. The molecule has 0 aliphatic rings. The second-order valence-electron chi connectivity index (χ2n) is 24.4. The van der Waals surface area contributed by atoms with Crippen LogP contribution in [0.25, 0.3) is 0 Å². The molecule has 0 aromatic carbocycles. The number of rotatable bonds is 64. The van der Waals surface area contributed by atoms with Gasteiger partial charge in [0.25, 0.3) is 0 Å². The van der Waals surface area contributed by atoms with E-state index in [2.05, 4.69) is 123 Å². The first-order chi connectivity index (χ1) is 41.6. The van der Waals surface area contributed by atoms with Crippen LogP contribution in [0.2, 0.25) is 0 Å². The fraction of sp³-hybridized carbons (Fsp3) is 0.724. The van der Waals surface area contributed by atoms with Crippen molar-refractivity contribution in [3.63, 3.8) is 0 Å². The van der Waals surface area contributed by atoms with E-state index in [1.165, 1.54) is 154 Å². The highest BCUT2D eigenvalue weighted by molar-refractivity contribution is 5.70. The Hall–Kier alpha value is -4.05. The molecule has 0 bridgehead atoms. The third-order valence-corrected chi connectivity index (χ3v) is 15.0. The summed E-state index contributed by atoms with van der Waals surface area (Å²) in [6.07, 6.45) is 88.8. The molecule has 0 spiro atoms. The molecule has 0 fully saturated rings. The van der Waals surface area contributed by atoms with Crippen LogP contribution >= 0.6 is 0 Å². The molecular formula is C76H131NO8. The number of aliphatic carboxylic acids is 1. The van der Waals surface area contributed by atoms with E-state index in [1.54, 1.807) is 0 Å². The van der Waals surface area contributed by atoms with Crippen LogP contribution in [-0.2, 0) is 33.3 Å². The van der Waals surface area contributed by atoms with E-state index in [9.17, 15) is 19.5 Å². The minimum Gasteiger partial charge on any atom is -0.545 e. The standard InChI is InChI=1S/C76H131NO8/c1-6-8-10-12-14-16-18-20-22-24-26-28-30-32-34-35-36-37-38-39-41-43-45-47-49-51-53-55-57-59-61-63-65-67-74(79)85-72(71-84-76(75(80)81)82-69-68-77(3,4)5)70-83-73(78)66-64-62-60-58-56-54-52-50-48-46-44-42-40-33-31-29-27-25-23-21-19-17-15-13-11-9-7-2/h8,10,14,16,20,22,26,28,32,34,36-37,39,41,45,47,51,53,72,76H,6-7,9,11-13,15,17-19,21,23-25,27,29-31,33,35,38,40,42-44,46,48-50,52,54-71H2,1-5H3/b10-8-,16-14-,22-20-,28-26-,34-32-,37-36-,41-39-,47-45-,53-51-. The number of allylic oxidation sites excluding steroid dienone is 18. The number of hydrogen-bond acceptors (Lipinski definition) is 8. The number of hydrogen-bond donors (Lipinski definition) is 0. The molecular weight excluding hydrogens is 1050 g/mol. The summed E-state index contributed by atoms with van der Waals surface area (Å²) in [5.41, 5.74) is 0. The summed E-state index contributed by atoms with van der Waals surface area (Å²) in [6.45, 7) is 4.64. The minimum atomic E-state index is -1.63. The highest BCUT2D eigenvalue weighted by Crippen LogP contribution is 2.18. The highest BCUT2D eigenvalue weighted by Gasteiger charge is 2.22. The average Bonchev–Trinajstić information content (AvgIpc) is 3.49. The van der Waals surface area contributed by atoms with Crippen LogP contribution < -0.4 is 5.11 Å². The van der Waals surface area contributed by atoms with Gasteiger partial charge < -0.3 is 33.3 Å². The summed E-state index contributed by atoms with van der Waals surface area (Å²) in [5, 5.41) is 11.8. The Bertz CT molecular complexity index is 1760. The predicted octanol–water partition coefficient (Wildman–Crippen LogP) is 20.5. The molecule has 0 aliphatic heterocycles. The van der Waals surface area contributed by atoms with Crippen LogP contribution in [0.3, 0.4) is 0 Å². The quantitative estimate of drug-likeness (QED) is 0.0195. The van der Waals surface area contributed by atoms with Crippen LogP contribution in [0.5, 0.6) is 0 Å². The van der Waals surface area contributed by atoms with Gasteiger partial charge >= 0.3 is 11.9 Å². The van der Waals surface area contributed by atoms with Crippen molar-refractivity contribution in [2.45, 2.75) is 309 Å². The Labute approximate surface area is 524 Å². The van der Waals surface area contributed by atoms with E-state index >= 15 is 0 Å². The van der Waals surface area contributed by atoms with Crippen LogP contribution in [0, 0.1) is 0 Å². The monoisotopic (exact) mass is 1190 g/mol. The van der Waals surface area contributed by atoms with Crippen molar-refractivity contribution >= 4 is 17.9 Å². The molecule has 0 rings (SSSR count). The topological polar surface area (TPSA) is 111 Å². The van der Waals surface area contributed by atoms with Crippen molar-refractivity contribution < 1.29 is 42.9 Å². The molecule has 2 atom stereocenters. The van der Waals surface area contributed by atoms with Gasteiger partial charge in [-0.15, -0.1) is 0 Å². The van der Waals surface area contributed by atoms with Crippen molar-refractivity contribution in [3.05, 3.63) is 109 Å². The van der Waals surface area contributed by atoms with Gasteiger partial charge in [-0.3, -0.25) is 9.59 Å². The maximum Gasteiger partial charge on any atom is 0.306 e. The minimum absolute atomic E-state index is 0.139. The lowest BCUT2D eigenvalue weighted by Crippen LogP contribution is -2.44. The van der Waals surface area contributed by atoms with Crippen molar-refractivity contribution in [1.82, 2.24) is 0 Å². The van der Waals surface area contributed by atoms with Crippen molar-refractivity contribution in [3.8, 4) is 0 Å². The zero-order valence-electron chi connectivity index (χ0n) is 55.7. The molecule has 0 aromatic rings. The van der Waals surface area contributed by atoms with Crippen molar-refractivity contribution in [2.75, 3.05) is 47.5 Å². The van der Waals surface area contributed by atoms with Crippen molar-refractivity contribution in [1.29, 1.82) is 0 Å². The molecule has 0 aromatic heterocycles. The van der Waals surface area contributed by atoms with Gasteiger partial charge in [0, 0.05) is 12.8 Å². The predicted molar refractivity (Wildman–Crippen MR) is 361 cm³/mol. The molecule has 0 radical (unpaired) electrons. The van der Waals surface area contributed by atoms with Crippen LogP contribution in [-0.4, -0.2) is 82.3 Å². The lowest BCUT2D eigenvalue weighted by molar-refractivity contribution is -0.870. The zero-order valence-corrected chi connectivity index (χ0v) is 55.7. The van der Waals surface area contributed by atoms with Crippen LogP contribution in [0.4, 0.5) is 0 Å². The Morgan fingerprint density at radius 1 is 0.365 bits per heavy atom. The van der Waals surface area contributed by atoms with E-state index in [-0.39, 0.29) is 38.6 Å². The first-order valence-corrected chi connectivity index (χ1v) is 35.0. The maximum atomic E-state index is 12.9. The first kappa shape index (κ1) is 81.0. The van der Waals surface area contributed by atoms with E-state index in [0.717, 1.165) is 109 Å². The molecule has 0 N–H and O–H groups in total. The van der Waals surface area contributed by atoms with Gasteiger partial charge in [0.1, 0.15) is 13.2 Å². The zero-order chi connectivity index (χ0) is 61.9. The molecule has 488 valence electrons. The van der Waals surface area contributed by atoms with E-state index in [4.69, 9.17) is 18.9 Å². The number of esters is 2. The molecule has 85 heavy (non-hydrogen) atoms. The number of carboxylic acids is 1. The van der Waals surface area contributed by atoms with Gasteiger partial charge in [-0.1, -0.05) is 309 Å². The second kappa shape index (κ2) is 65.9. The normalized spacial score (nSPS) is 13.4. The average molecular weight is 1190 g/mol. The van der Waals surface area contributed by atoms with Gasteiger partial charge in [-0.2, -0.15) is 0 Å². The summed E-state index contributed by atoms with van der Waals surface area (Å²) in [7, 11) is 5.92. The van der Waals surface area contributed by atoms with Gasteiger partial charge in [0.05, 0.1) is 40.3 Å². The van der Waals surface area contributed by atoms with Crippen LogP contribution in [0.1, 0.15) is 296 Å². The van der Waals surface area contributed by atoms with Gasteiger partial charge in [0.15, 0.2) is 12.4 Å². The summed E-state index contributed by atoms with van der Waals surface area (Å²) < 4.78 is 22.8. The smallest absolute Gasteiger partial charge is 0.306 e. The number of carbonyl (C=O) groups is 3. The Morgan fingerprint density at radius 2 is 0.671 bits per heavy atom. The molecule has 9 nitrogen and oxygen atoms in total. The van der Waals surface area contributed by atoms with E-state index in [1.807, 2.05) is 21.1 Å². The number of unbranched alkanes of at least 4 members (excludes halogenated alkanes) is 31. The lowest BCUT2D eigenvalue weighted by Gasteiger charge is -2.26. The van der Waals surface area contributed by atoms with Crippen molar-refractivity contribution in [2.24, 2.45) is 0 Å². The summed E-state index contributed by atoms with van der Waals surface area (Å²) in [6, 6.07) is 0. The Balaban J connectivity index is 4.20. The number of nitrogens with zero attached hydrogens (tertiary/aromatic N) is 1. The van der Waals surface area contributed by atoms with E-state index in [0.29, 0.717) is 17.4 Å². The number of likely N-dealkylation sites (N-methyl/N-ethyl adjacent to an activating group) is 1. The third kappa shape index (κ3) is 67.3. The van der Waals surface area contributed by atoms with Gasteiger partial charge in [-0.05, 0) is 83.5 Å². The highest BCUT2D eigenvalue weighted by atomic mass is 16.7. The SMILES string of the molecule is CC/C=C\C/C=C\C/C=C\C/C=C\C/C=C\C/C=C\C/C=C\C/C=C\C/C=C\CCCCCCCC(=O)OC(COC(=O)CCCCCCCCCCCCCCCCCCCCCCCCCCCCC)COC(OCC[N+](C)(C)C)C(=O)[O-]. The molecule has 0 saturated heterocycles.